The Kier molecular flexibility index (Phi) is 5.15. The molecule has 5 heteroatoms. The molecule has 0 unspecified atom stereocenters. The molecule has 1 N–H and O–H groups in total. The van der Waals surface area contributed by atoms with E-state index in [4.69, 9.17) is 5.26 Å². The normalized spacial score (nSPS) is 21.5. The second kappa shape index (κ2) is 7.07. The zero-order valence-corrected chi connectivity index (χ0v) is 12.3. The highest BCUT2D eigenvalue weighted by molar-refractivity contribution is 5.64. The summed E-state index contributed by atoms with van der Waals surface area (Å²) in [6, 6.07) is 6.85. The van der Waals surface area contributed by atoms with Crippen molar-refractivity contribution in [3.05, 3.63) is 33.9 Å². The van der Waals surface area contributed by atoms with Crippen LogP contribution in [-0.2, 0) is 0 Å². The van der Waals surface area contributed by atoms with Gasteiger partial charge in [0.2, 0.25) is 0 Å². The Morgan fingerprint density at radius 1 is 1.38 bits per heavy atom. The van der Waals surface area contributed by atoms with Crippen LogP contribution in [0.5, 0.6) is 0 Å². The lowest BCUT2D eigenvalue weighted by Gasteiger charge is -2.29. The molecule has 0 amide bonds. The molecule has 1 aromatic rings. The van der Waals surface area contributed by atoms with Crippen LogP contribution in [0.1, 0.15) is 51.0 Å². The number of anilines is 1. The smallest absolute Gasteiger partial charge is 0.293 e. The van der Waals surface area contributed by atoms with Gasteiger partial charge in [-0.05, 0) is 43.7 Å². The van der Waals surface area contributed by atoms with E-state index in [-0.39, 0.29) is 5.69 Å². The Labute approximate surface area is 125 Å². The van der Waals surface area contributed by atoms with Crippen LogP contribution in [0.2, 0.25) is 0 Å². The van der Waals surface area contributed by atoms with E-state index in [1.165, 1.54) is 31.7 Å². The minimum atomic E-state index is -0.425. The van der Waals surface area contributed by atoms with Crippen molar-refractivity contribution in [3.8, 4) is 6.07 Å². The monoisotopic (exact) mass is 287 g/mol. The van der Waals surface area contributed by atoms with E-state index in [0.717, 1.165) is 18.8 Å². The highest BCUT2D eigenvalue weighted by Crippen LogP contribution is 2.32. The summed E-state index contributed by atoms with van der Waals surface area (Å²) in [5.41, 5.74) is 0.835. The summed E-state index contributed by atoms with van der Waals surface area (Å²) in [6.07, 6.45) is 7.00. The fourth-order valence-corrected chi connectivity index (χ4v) is 3.10. The van der Waals surface area contributed by atoms with E-state index in [2.05, 4.69) is 12.2 Å². The third-order valence-corrected chi connectivity index (χ3v) is 4.23. The van der Waals surface area contributed by atoms with Crippen LogP contribution >= 0.6 is 0 Å². The third kappa shape index (κ3) is 3.94. The molecule has 0 aliphatic heterocycles. The number of hydrogen-bond acceptors (Lipinski definition) is 4. The molecule has 1 aliphatic rings. The maximum Gasteiger partial charge on any atom is 0.293 e. The lowest BCUT2D eigenvalue weighted by atomic mass is 9.83. The number of hydrogen-bond donors (Lipinski definition) is 1. The quantitative estimate of drug-likeness (QED) is 0.649. The van der Waals surface area contributed by atoms with Crippen LogP contribution in [0, 0.1) is 27.4 Å². The van der Waals surface area contributed by atoms with Gasteiger partial charge in [-0.15, -0.1) is 0 Å². The number of rotatable bonds is 5. The zero-order chi connectivity index (χ0) is 15.2. The molecular formula is C16H21N3O2. The third-order valence-electron chi connectivity index (χ3n) is 4.23. The van der Waals surface area contributed by atoms with Crippen molar-refractivity contribution < 1.29 is 4.92 Å². The van der Waals surface area contributed by atoms with Crippen molar-refractivity contribution in [1.82, 2.24) is 0 Å². The average molecular weight is 287 g/mol. The lowest BCUT2D eigenvalue weighted by molar-refractivity contribution is -0.384. The minimum absolute atomic E-state index is 0.00951. The Morgan fingerprint density at radius 2 is 2.10 bits per heavy atom. The molecule has 2 rings (SSSR count). The number of benzene rings is 1. The molecule has 5 nitrogen and oxygen atoms in total. The van der Waals surface area contributed by atoms with Gasteiger partial charge in [0.25, 0.3) is 5.69 Å². The maximum atomic E-state index is 11.1. The average Bonchev–Trinajstić information content (AvgIpc) is 2.49. The van der Waals surface area contributed by atoms with Gasteiger partial charge in [-0.2, -0.15) is 5.26 Å². The predicted molar refractivity (Wildman–Crippen MR) is 82.1 cm³/mol. The van der Waals surface area contributed by atoms with Gasteiger partial charge in [0, 0.05) is 12.1 Å². The minimum Gasteiger partial charge on any atom is -0.377 e. The number of nitrogens with zero attached hydrogens (tertiary/aromatic N) is 2. The van der Waals surface area contributed by atoms with E-state index >= 15 is 0 Å². The fraction of sp³-hybridized carbons (Fsp3) is 0.562. The standard InChI is InChI=1S/C16H21N3O2/c1-2-3-12-4-7-14(8-5-12)18-15-9-6-13(11-17)10-16(15)19(20)21/h6,9-10,12,14,18H,2-5,7-8H2,1H3. The maximum absolute atomic E-state index is 11.1. The topological polar surface area (TPSA) is 79.0 Å². The highest BCUT2D eigenvalue weighted by Gasteiger charge is 2.23. The molecule has 1 saturated carbocycles. The highest BCUT2D eigenvalue weighted by atomic mass is 16.6. The molecule has 0 atom stereocenters. The molecule has 1 aliphatic carbocycles. The number of nitrogens with one attached hydrogen (secondary N) is 1. The SMILES string of the molecule is CCCC1CCC(Nc2ccc(C#N)cc2[N+](=O)[O-])CC1. The van der Waals surface area contributed by atoms with Gasteiger partial charge >= 0.3 is 0 Å². The first-order valence-electron chi connectivity index (χ1n) is 7.59. The van der Waals surface area contributed by atoms with E-state index in [9.17, 15) is 10.1 Å². The summed E-state index contributed by atoms with van der Waals surface area (Å²) in [5.74, 6) is 0.809. The van der Waals surface area contributed by atoms with Crippen molar-refractivity contribution >= 4 is 11.4 Å². The Hall–Kier alpha value is -2.09. The van der Waals surface area contributed by atoms with Crippen molar-refractivity contribution in [3.63, 3.8) is 0 Å². The van der Waals surface area contributed by atoms with Gasteiger partial charge in [-0.25, -0.2) is 0 Å². The van der Waals surface area contributed by atoms with Crippen LogP contribution in [0.4, 0.5) is 11.4 Å². The Balaban J connectivity index is 2.04. The summed E-state index contributed by atoms with van der Waals surface area (Å²) in [5, 5.41) is 23.3. The van der Waals surface area contributed by atoms with E-state index in [1.807, 2.05) is 6.07 Å². The summed E-state index contributed by atoms with van der Waals surface area (Å²) < 4.78 is 0. The summed E-state index contributed by atoms with van der Waals surface area (Å²) >= 11 is 0. The van der Waals surface area contributed by atoms with E-state index in [0.29, 0.717) is 17.3 Å². The van der Waals surface area contributed by atoms with Gasteiger partial charge in [0.15, 0.2) is 0 Å². The van der Waals surface area contributed by atoms with Gasteiger partial charge in [0.1, 0.15) is 5.69 Å². The van der Waals surface area contributed by atoms with Crippen LogP contribution in [0.15, 0.2) is 18.2 Å². The largest absolute Gasteiger partial charge is 0.377 e. The van der Waals surface area contributed by atoms with Crippen molar-refractivity contribution in [2.45, 2.75) is 51.5 Å². The first-order chi connectivity index (χ1) is 10.1. The zero-order valence-electron chi connectivity index (χ0n) is 12.3. The van der Waals surface area contributed by atoms with E-state index < -0.39 is 4.92 Å². The van der Waals surface area contributed by atoms with Crippen molar-refractivity contribution in [2.75, 3.05) is 5.32 Å². The summed E-state index contributed by atoms with van der Waals surface area (Å²) in [4.78, 5) is 10.7. The second-order valence-corrected chi connectivity index (χ2v) is 5.75. The van der Waals surface area contributed by atoms with Gasteiger partial charge in [-0.1, -0.05) is 19.8 Å². The molecule has 0 aromatic heterocycles. The molecule has 1 aromatic carbocycles. The van der Waals surface area contributed by atoms with Crippen LogP contribution in [0.3, 0.4) is 0 Å². The first kappa shape index (κ1) is 15.3. The molecule has 0 bridgehead atoms. The molecule has 0 spiro atoms. The van der Waals surface area contributed by atoms with Gasteiger partial charge in [-0.3, -0.25) is 10.1 Å². The molecule has 0 saturated heterocycles. The van der Waals surface area contributed by atoms with E-state index in [1.54, 1.807) is 12.1 Å². The molecule has 1 fully saturated rings. The molecule has 112 valence electrons. The van der Waals surface area contributed by atoms with Crippen molar-refractivity contribution in [1.29, 1.82) is 5.26 Å². The lowest BCUT2D eigenvalue weighted by Crippen LogP contribution is -2.26. The second-order valence-electron chi connectivity index (χ2n) is 5.75. The first-order valence-corrected chi connectivity index (χ1v) is 7.59. The van der Waals surface area contributed by atoms with Crippen molar-refractivity contribution in [2.24, 2.45) is 5.92 Å². The van der Waals surface area contributed by atoms with Crippen LogP contribution in [-0.4, -0.2) is 11.0 Å². The Bertz CT molecular complexity index is 543. The Morgan fingerprint density at radius 3 is 2.67 bits per heavy atom. The number of nitro benzene ring substituents is 1. The summed E-state index contributed by atoms with van der Waals surface area (Å²) in [7, 11) is 0. The molecule has 0 heterocycles. The molecule has 21 heavy (non-hydrogen) atoms. The summed E-state index contributed by atoms with van der Waals surface area (Å²) in [6.45, 7) is 2.21. The van der Waals surface area contributed by atoms with Gasteiger partial charge in [0.05, 0.1) is 16.6 Å². The molecule has 0 radical (unpaired) electrons. The van der Waals surface area contributed by atoms with Gasteiger partial charge < -0.3 is 5.32 Å². The number of nitriles is 1. The van der Waals surface area contributed by atoms with Crippen LogP contribution < -0.4 is 5.32 Å². The fourth-order valence-electron chi connectivity index (χ4n) is 3.10. The van der Waals surface area contributed by atoms with Crippen LogP contribution in [0.25, 0.3) is 0 Å². The number of nitro groups is 1. The molecular weight excluding hydrogens is 266 g/mol. The predicted octanol–water partition coefficient (Wildman–Crippen LogP) is 4.24.